The van der Waals surface area contributed by atoms with Gasteiger partial charge in [0, 0.05) is 19.0 Å². The Kier molecular flexibility index (Phi) is 8.18. The number of anilines is 1. The fourth-order valence-corrected chi connectivity index (χ4v) is 5.25. The molecule has 0 heterocycles. The van der Waals surface area contributed by atoms with Crippen LogP contribution >= 0.6 is 0 Å². The van der Waals surface area contributed by atoms with Crippen LogP contribution in [0, 0.1) is 0 Å². The molecule has 0 aromatic heterocycles. The zero-order valence-electron chi connectivity index (χ0n) is 19.3. The summed E-state index contributed by atoms with van der Waals surface area (Å²) < 4.78 is 31.2. The van der Waals surface area contributed by atoms with Gasteiger partial charge in [0.05, 0.1) is 25.1 Å². The third-order valence-electron chi connectivity index (χ3n) is 6.03. The highest BCUT2D eigenvalue weighted by Crippen LogP contribution is 2.26. The van der Waals surface area contributed by atoms with E-state index in [0.717, 1.165) is 24.8 Å². The number of sulfonamides is 1. The first kappa shape index (κ1) is 24.1. The number of benzene rings is 2. The molecule has 0 bridgehead atoms. The second-order valence-corrected chi connectivity index (χ2v) is 10.3. The van der Waals surface area contributed by atoms with Crippen LogP contribution in [0.3, 0.4) is 0 Å². The fourth-order valence-electron chi connectivity index (χ4n) is 4.29. The molecule has 1 amide bonds. The molecule has 0 spiro atoms. The summed E-state index contributed by atoms with van der Waals surface area (Å²) in [4.78, 5) is 12.6. The molecule has 2 aromatic rings. The normalized spacial score (nSPS) is 14.3. The molecule has 0 aliphatic heterocycles. The number of methoxy groups -OCH3 is 1. The Bertz CT molecular complexity index is 1040. The predicted molar refractivity (Wildman–Crippen MR) is 129 cm³/mol. The van der Waals surface area contributed by atoms with E-state index in [4.69, 9.17) is 4.74 Å². The summed E-state index contributed by atoms with van der Waals surface area (Å²) in [6, 6.07) is 13.5. The van der Waals surface area contributed by atoms with E-state index in [-0.39, 0.29) is 24.9 Å². The lowest BCUT2D eigenvalue weighted by atomic mass is 9.89. The Hall–Kier alpha value is -2.54. The summed E-state index contributed by atoms with van der Waals surface area (Å²) in [6.07, 6.45) is 7.40. The Morgan fingerprint density at radius 1 is 1.12 bits per heavy atom. The van der Waals surface area contributed by atoms with Gasteiger partial charge in [-0.05, 0) is 67.3 Å². The number of nitrogens with zero attached hydrogens (tertiary/aromatic N) is 1. The minimum atomic E-state index is -3.47. The Morgan fingerprint density at radius 3 is 2.56 bits per heavy atom. The van der Waals surface area contributed by atoms with E-state index >= 15 is 0 Å². The van der Waals surface area contributed by atoms with Crippen LogP contribution in [0.4, 0.5) is 5.69 Å². The molecule has 0 saturated heterocycles. The van der Waals surface area contributed by atoms with Gasteiger partial charge in [0.25, 0.3) is 0 Å². The summed E-state index contributed by atoms with van der Waals surface area (Å²) in [5.41, 5.74) is 4.52. The van der Waals surface area contributed by atoms with Crippen LogP contribution in [0.15, 0.2) is 42.5 Å². The quantitative estimate of drug-likeness (QED) is 0.573. The summed E-state index contributed by atoms with van der Waals surface area (Å²) in [5.74, 6) is 0.526. The van der Waals surface area contributed by atoms with Gasteiger partial charge in [-0.2, -0.15) is 0 Å². The van der Waals surface area contributed by atoms with E-state index in [1.54, 1.807) is 31.4 Å². The van der Waals surface area contributed by atoms with Crippen LogP contribution in [-0.4, -0.2) is 34.2 Å². The van der Waals surface area contributed by atoms with Crippen molar-refractivity contribution >= 4 is 21.6 Å². The first-order chi connectivity index (χ1) is 15.3. The molecule has 1 aliphatic carbocycles. The van der Waals surface area contributed by atoms with Crippen molar-refractivity contribution in [3.63, 3.8) is 0 Å². The molecule has 2 aromatic carbocycles. The van der Waals surface area contributed by atoms with Gasteiger partial charge in [-0.3, -0.25) is 9.10 Å². The SMILES string of the molecule is CC[C@@H](NC(=O)CCCN(c1cccc(OC)c1)S(C)(=O)=O)c1ccc2c(c1)CCCC2. The predicted octanol–water partition coefficient (Wildman–Crippen LogP) is 4.39. The van der Waals surface area contributed by atoms with Gasteiger partial charge in [0.2, 0.25) is 15.9 Å². The average Bonchev–Trinajstić information content (AvgIpc) is 2.79. The fraction of sp³-hybridized carbons (Fsp3) is 0.480. The van der Waals surface area contributed by atoms with Crippen molar-refractivity contribution in [1.29, 1.82) is 0 Å². The average molecular weight is 459 g/mol. The molecule has 32 heavy (non-hydrogen) atoms. The van der Waals surface area contributed by atoms with Crippen LogP contribution in [0.2, 0.25) is 0 Å². The number of aryl methyl sites for hydroxylation is 2. The van der Waals surface area contributed by atoms with E-state index in [1.807, 2.05) is 0 Å². The molecule has 1 atom stereocenters. The molecule has 6 nitrogen and oxygen atoms in total. The molecule has 3 rings (SSSR count). The van der Waals surface area contributed by atoms with Crippen molar-refractivity contribution in [2.75, 3.05) is 24.2 Å². The zero-order valence-corrected chi connectivity index (χ0v) is 20.1. The number of nitrogens with one attached hydrogen (secondary N) is 1. The highest BCUT2D eigenvalue weighted by atomic mass is 32.2. The van der Waals surface area contributed by atoms with Crippen LogP contribution < -0.4 is 14.4 Å². The molecule has 1 N–H and O–H groups in total. The van der Waals surface area contributed by atoms with Gasteiger partial charge in [0.1, 0.15) is 5.75 Å². The number of rotatable bonds is 10. The van der Waals surface area contributed by atoms with E-state index in [1.165, 1.54) is 34.5 Å². The van der Waals surface area contributed by atoms with E-state index in [2.05, 4.69) is 30.4 Å². The molecule has 1 aliphatic rings. The molecule has 0 fully saturated rings. The maximum Gasteiger partial charge on any atom is 0.232 e. The topological polar surface area (TPSA) is 75.7 Å². The number of ether oxygens (including phenoxy) is 1. The molecular weight excluding hydrogens is 424 g/mol. The van der Waals surface area contributed by atoms with Crippen molar-refractivity contribution < 1.29 is 17.9 Å². The second kappa shape index (κ2) is 10.9. The third-order valence-corrected chi connectivity index (χ3v) is 7.22. The number of carbonyl (C=O) groups excluding carboxylic acids is 1. The van der Waals surface area contributed by atoms with Crippen molar-refractivity contribution in [1.82, 2.24) is 5.32 Å². The van der Waals surface area contributed by atoms with Gasteiger partial charge >= 0.3 is 0 Å². The maximum absolute atomic E-state index is 12.6. The third kappa shape index (κ3) is 6.25. The van der Waals surface area contributed by atoms with Crippen molar-refractivity contribution in [3.8, 4) is 5.75 Å². The maximum atomic E-state index is 12.6. The largest absolute Gasteiger partial charge is 0.497 e. The number of carbonyl (C=O) groups is 1. The Morgan fingerprint density at radius 2 is 1.88 bits per heavy atom. The molecule has 7 heteroatoms. The second-order valence-electron chi connectivity index (χ2n) is 8.40. The van der Waals surface area contributed by atoms with Gasteiger partial charge in [0.15, 0.2) is 0 Å². The van der Waals surface area contributed by atoms with Crippen molar-refractivity contribution in [2.45, 2.75) is 57.9 Å². The smallest absolute Gasteiger partial charge is 0.232 e. The summed E-state index contributed by atoms with van der Waals surface area (Å²) in [6.45, 7) is 2.30. The Labute approximate surface area is 192 Å². The summed E-state index contributed by atoms with van der Waals surface area (Å²) in [5, 5.41) is 3.13. The minimum Gasteiger partial charge on any atom is -0.497 e. The lowest BCUT2D eigenvalue weighted by Crippen LogP contribution is -2.33. The van der Waals surface area contributed by atoms with E-state index < -0.39 is 10.0 Å². The lowest BCUT2D eigenvalue weighted by molar-refractivity contribution is -0.121. The monoisotopic (exact) mass is 458 g/mol. The number of hydrogen-bond acceptors (Lipinski definition) is 4. The summed E-state index contributed by atoms with van der Waals surface area (Å²) in [7, 11) is -1.93. The van der Waals surface area contributed by atoms with Gasteiger partial charge < -0.3 is 10.1 Å². The molecule has 0 unspecified atom stereocenters. The minimum absolute atomic E-state index is 0.0286. The first-order valence-corrected chi connectivity index (χ1v) is 13.2. The van der Waals surface area contributed by atoms with Gasteiger partial charge in [-0.1, -0.05) is 31.2 Å². The first-order valence-electron chi connectivity index (χ1n) is 11.3. The van der Waals surface area contributed by atoms with Crippen molar-refractivity contribution in [3.05, 3.63) is 59.2 Å². The molecule has 0 saturated carbocycles. The highest BCUT2D eigenvalue weighted by molar-refractivity contribution is 7.92. The number of amides is 1. The van der Waals surface area contributed by atoms with Crippen molar-refractivity contribution in [2.24, 2.45) is 0 Å². The zero-order chi connectivity index (χ0) is 23.1. The van der Waals surface area contributed by atoms with Crippen LogP contribution in [0.5, 0.6) is 5.75 Å². The lowest BCUT2D eigenvalue weighted by Gasteiger charge is -2.24. The standard InChI is InChI=1S/C25H34N2O4S/c1-4-24(21-15-14-19-9-5-6-10-20(19)17-21)26-25(28)13-8-16-27(32(3,29)30)22-11-7-12-23(18-22)31-2/h7,11-12,14-15,17-18,24H,4-6,8-10,13,16H2,1-3H3,(H,26,28)/t24-/m1/s1. The molecule has 174 valence electrons. The van der Waals surface area contributed by atoms with Gasteiger partial charge in [-0.25, -0.2) is 8.42 Å². The van der Waals surface area contributed by atoms with E-state index in [9.17, 15) is 13.2 Å². The number of fused-ring (bicyclic) bond motifs is 1. The van der Waals surface area contributed by atoms with Crippen LogP contribution in [0.1, 0.15) is 61.8 Å². The van der Waals surface area contributed by atoms with E-state index in [0.29, 0.717) is 17.9 Å². The van der Waals surface area contributed by atoms with Crippen LogP contribution in [0.25, 0.3) is 0 Å². The summed E-state index contributed by atoms with van der Waals surface area (Å²) >= 11 is 0. The number of hydrogen-bond donors (Lipinski definition) is 1. The Balaban J connectivity index is 1.60. The molecule has 0 radical (unpaired) electrons. The molecular formula is C25H34N2O4S. The highest BCUT2D eigenvalue weighted by Gasteiger charge is 2.20. The van der Waals surface area contributed by atoms with Crippen LogP contribution in [-0.2, 0) is 27.7 Å². The van der Waals surface area contributed by atoms with Gasteiger partial charge in [-0.15, -0.1) is 0 Å².